The second-order valence-corrected chi connectivity index (χ2v) is 3.63. The van der Waals surface area contributed by atoms with E-state index in [1.807, 2.05) is 0 Å². The first-order valence-corrected chi connectivity index (χ1v) is 4.77. The van der Waals surface area contributed by atoms with Crippen molar-refractivity contribution in [1.29, 1.82) is 0 Å². The van der Waals surface area contributed by atoms with Gasteiger partial charge in [-0.05, 0) is 12.1 Å². The molecule has 0 saturated carbocycles. The van der Waals surface area contributed by atoms with Crippen molar-refractivity contribution in [3.05, 3.63) is 35.5 Å². The molecule has 0 saturated heterocycles. The van der Waals surface area contributed by atoms with E-state index in [2.05, 4.69) is 4.98 Å². The zero-order chi connectivity index (χ0) is 12.6. The van der Waals surface area contributed by atoms with Crippen LogP contribution in [0.15, 0.2) is 24.3 Å². The summed E-state index contributed by atoms with van der Waals surface area (Å²) in [7, 11) is 0. The van der Waals surface area contributed by atoms with Gasteiger partial charge < -0.3 is 10.1 Å². The Bertz CT molecular complexity index is 577. The number of carbonyl (C=O) groups is 1. The van der Waals surface area contributed by atoms with Crippen LogP contribution in [-0.2, 0) is 17.4 Å². The van der Waals surface area contributed by atoms with E-state index in [-0.39, 0.29) is 36.5 Å². The number of nitrogens with one attached hydrogen (secondary N) is 1. The molecule has 0 aliphatic carbocycles. The summed E-state index contributed by atoms with van der Waals surface area (Å²) in [5, 5.41) is 8.94. The molecule has 1 aromatic heterocycles. The van der Waals surface area contributed by atoms with E-state index >= 15 is 0 Å². The minimum atomic E-state index is -4.45. The van der Waals surface area contributed by atoms with Crippen LogP contribution in [0.5, 0.6) is 0 Å². The summed E-state index contributed by atoms with van der Waals surface area (Å²) in [4.78, 5) is 13.0. The van der Waals surface area contributed by atoms with Crippen molar-refractivity contribution in [2.45, 2.75) is 12.6 Å². The zero-order valence-electron chi connectivity index (χ0n) is 8.51. The third kappa shape index (κ3) is 2.89. The van der Waals surface area contributed by atoms with Crippen LogP contribution in [-0.4, -0.2) is 34.9 Å². The molecule has 0 atom stereocenters. The fourth-order valence-corrected chi connectivity index (χ4v) is 1.71. The van der Waals surface area contributed by atoms with Crippen molar-refractivity contribution in [3.63, 3.8) is 0 Å². The van der Waals surface area contributed by atoms with Gasteiger partial charge in [0.2, 0.25) is 0 Å². The van der Waals surface area contributed by atoms with E-state index in [4.69, 9.17) is 5.11 Å². The molecule has 0 unspecified atom stereocenters. The van der Waals surface area contributed by atoms with Crippen LogP contribution in [0.25, 0.3) is 10.9 Å². The third-order valence-corrected chi connectivity index (χ3v) is 2.36. The van der Waals surface area contributed by atoms with Crippen LogP contribution in [0.1, 0.15) is 11.3 Å². The molecule has 0 spiro atoms. The Morgan fingerprint density at radius 1 is 1.33 bits per heavy atom. The van der Waals surface area contributed by atoms with Crippen LogP contribution in [0.4, 0.5) is 13.2 Å². The normalized spacial score (nSPS) is 11.3. The number of aromatic amines is 1. The van der Waals surface area contributed by atoms with Gasteiger partial charge in [0.25, 0.3) is 0 Å². The molecule has 18 heavy (non-hydrogen) atoms. The second-order valence-electron chi connectivity index (χ2n) is 3.63. The summed E-state index contributed by atoms with van der Waals surface area (Å²) in [6.07, 6.45) is -4.78. The predicted octanol–water partition coefficient (Wildman–Crippen LogP) is 2.17. The topological polar surface area (TPSA) is 53.1 Å². The Hall–Kier alpha value is -1.38. The number of carboxylic acid groups (broad SMARTS) is 1. The van der Waals surface area contributed by atoms with E-state index in [1.165, 1.54) is 18.2 Å². The Morgan fingerprint density at radius 3 is 2.56 bits per heavy atom. The van der Waals surface area contributed by atoms with E-state index in [0.29, 0.717) is 5.39 Å². The summed E-state index contributed by atoms with van der Waals surface area (Å²) in [5.41, 5.74) is -0.605. The maximum atomic E-state index is 12.7. The van der Waals surface area contributed by atoms with Crippen molar-refractivity contribution in [2.24, 2.45) is 0 Å². The fraction of sp³-hybridized carbons (Fsp3) is 0.182. The Kier molecular flexibility index (Phi) is 4.15. The van der Waals surface area contributed by atoms with E-state index in [0.717, 1.165) is 6.07 Å². The summed E-state index contributed by atoms with van der Waals surface area (Å²) < 4.78 is 38.0. The molecule has 92 valence electrons. The summed E-state index contributed by atoms with van der Waals surface area (Å²) >= 11 is 0. The number of alkyl halides is 3. The molecular formula is C11H9F3LiNO2. The van der Waals surface area contributed by atoms with E-state index in [9.17, 15) is 18.0 Å². The Morgan fingerprint density at radius 2 is 2.00 bits per heavy atom. The van der Waals surface area contributed by atoms with E-state index in [1.54, 1.807) is 0 Å². The van der Waals surface area contributed by atoms with Gasteiger partial charge >= 0.3 is 31.0 Å². The standard InChI is InChI=1S/C11H8F3NO2.Li.H/c12-11(13,14)8-3-1-2-6-4-7(5-9(16)17)15-10(6)8;;/h1-4,15H,5H2,(H,16,17);;. The van der Waals surface area contributed by atoms with Gasteiger partial charge in [-0.1, -0.05) is 12.1 Å². The number of halogens is 3. The quantitative estimate of drug-likeness (QED) is 0.803. The number of hydrogen-bond donors (Lipinski definition) is 2. The number of benzene rings is 1. The van der Waals surface area contributed by atoms with E-state index < -0.39 is 17.7 Å². The summed E-state index contributed by atoms with van der Waals surface area (Å²) in [5.74, 6) is -1.09. The number of para-hydroxylation sites is 1. The first-order valence-electron chi connectivity index (χ1n) is 4.77. The molecule has 0 aliphatic heterocycles. The molecule has 0 aliphatic rings. The Balaban J connectivity index is 0.00000162. The Labute approximate surface area is 112 Å². The molecular weight excluding hydrogens is 242 g/mol. The van der Waals surface area contributed by atoms with Crippen molar-refractivity contribution < 1.29 is 23.1 Å². The van der Waals surface area contributed by atoms with Gasteiger partial charge in [0.15, 0.2) is 0 Å². The molecule has 0 fully saturated rings. The van der Waals surface area contributed by atoms with Crippen LogP contribution in [0, 0.1) is 0 Å². The first kappa shape index (κ1) is 14.7. The van der Waals surface area contributed by atoms with Crippen LogP contribution in [0.2, 0.25) is 0 Å². The monoisotopic (exact) mass is 251 g/mol. The minimum absolute atomic E-state index is 0. The summed E-state index contributed by atoms with van der Waals surface area (Å²) in [6.45, 7) is 0. The van der Waals surface area contributed by atoms with Gasteiger partial charge in [0.1, 0.15) is 0 Å². The number of H-pyrrole nitrogens is 1. The van der Waals surface area contributed by atoms with Crippen molar-refractivity contribution >= 4 is 35.7 Å². The van der Waals surface area contributed by atoms with Crippen LogP contribution in [0.3, 0.4) is 0 Å². The number of aromatic nitrogens is 1. The van der Waals surface area contributed by atoms with Gasteiger partial charge in [-0.15, -0.1) is 0 Å². The van der Waals surface area contributed by atoms with Crippen LogP contribution < -0.4 is 0 Å². The fourth-order valence-electron chi connectivity index (χ4n) is 1.71. The molecule has 1 aromatic carbocycles. The molecule has 2 aromatic rings. The number of hydrogen-bond acceptors (Lipinski definition) is 1. The molecule has 0 amide bonds. The number of aliphatic carboxylic acids is 1. The average molecular weight is 251 g/mol. The van der Waals surface area contributed by atoms with Crippen molar-refractivity contribution in [2.75, 3.05) is 0 Å². The third-order valence-electron chi connectivity index (χ3n) is 2.36. The van der Waals surface area contributed by atoms with Gasteiger partial charge in [-0.2, -0.15) is 13.2 Å². The van der Waals surface area contributed by atoms with Gasteiger partial charge in [0, 0.05) is 11.1 Å². The SMILES string of the molecule is O=C(O)Cc1cc2cccc(C(F)(F)F)c2[nH]1.[LiH]. The number of rotatable bonds is 2. The van der Waals surface area contributed by atoms with Crippen LogP contribution >= 0.6 is 0 Å². The zero-order valence-corrected chi connectivity index (χ0v) is 8.51. The number of carboxylic acids is 1. The van der Waals surface area contributed by atoms with Gasteiger partial charge in [-0.3, -0.25) is 4.79 Å². The molecule has 2 rings (SSSR count). The average Bonchev–Trinajstić information content (AvgIpc) is 2.55. The molecule has 0 bridgehead atoms. The maximum absolute atomic E-state index is 12.7. The molecule has 3 nitrogen and oxygen atoms in total. The first-order chi connectivity index (χ1) is 7.88. The second kappa shape index (κ2) is 5.08. The molecule has 1 heterocycles. The van der Waals surface area contributed by atoms with Gasteiger partial charge in [-0.25, -0.2) is 0 Å². The predicted molar refractivity (Wildman–Crippen MR) is 61.8 cm³/mol. The number of fused-ring (bicyclic) bond motifs is 1. The van der Waals surface area contributed by atoms with Crippen molar-refractivity contribution in [1.82, 2.24) is 4.98 Å². The molecule has 0 radical (unpaired) electrons. The molecule has 2 N–H and O–H groups in total. The van der Waals surface area contributed by atoms with Gasteiger partial charge in [0.05, 0.1) is 17.5 Å². The van der Waals surface area contributed by atoms with Crippen molar-refractivity contribution in [3.8, 4) is 0 Å². The summed E-state index contributed by atoms with van der Waals surface area (Å²) in [6, 6.07) is 5.18. The molecule has 7 heteroatoms.